The SMILES string of the molecule is CCOC1CC(C2=CC=CCC2)OC2(CCC(C(=O)c3ccccc3C(F)F)CC2)C1. The molecule has 2 fully saturated rings. The molecule has 3 nitrogen and oxygen atoms in total. The summed E-state index contributed by atoms with van der Waals surface area (Å²) in [4.78, 5) is 13.1. The summed E-state index contributed by atoms with van der Waals surface area (Å²) in [5.41, 5.74) is 1.06. The quantitative estimate of drug-likeness (QED) is 0.477. The largest absolute Gasteiger partial charge is 0.378 e. The summed E-state index contributed by atoms with van der Waals surface area (Å²) in [6.45, 7) is 2.70. The molecule has 2 unspecified atom stereocenters. The van der Waals surface area contributed by atoms with Crippen LogP contribution in [-0.2, 0) is 9.47 Å². The van der Waals surface area contributed by atoms with E-state index in [4.69, 9.17) is 9.47 Å². The summed E-state index contributed by atoms with van der Waals surface area (Å²) in [5, 5.41) is 0. The van der Waals surface area contributed by atoms with Gasteiger partial charge in [0.1, 0.15) is 0 Å². The van der Waals surface area contributed by atoms with E-state index in [2.05, 4.69) is 18.2 Å². The van der Waals surface area contributed by atoms with Crippen LogP contribution in [0.25, 0.3) is 0 Å². The van der Waals surface area contributed by atoms with Gasteiger partial charge < -0.3 is 9.47 Å². The predicted molar refractivity (Wildman–Crippen MR) is 116 cm³/mol. The van der Waals surface area contributed by atoms with Crippen molar-refractivity contribution in [2.75, 3.05) is 6.61 Å². The van der Waals surface area contributed by atoms with E-state index in [0.717, 1.165) is 38.5 Å². The molecule has 3 aliphatic rings. The molecule has 1 aliphatic heterocycles. The molecular weight excluding hydrogens is 398 g/mol. The third kappa shape index (κ3) is 4.98. The van der Waals surface area contributed by atoms with Crippen LogP contribution in [0, 0.1) is 5.92 Å². The molecule has 4 rings (SSSR count). The van der Waals surface area contributed by atoms with Gasteiger partial charge >= 0.3 is 0 Å². The van der Waals surface area contributed by atoms with Crippen LogP contribution >= 0.6 is 0 Å². The normalized spacial score (nSPS) is 31.1. The number of ketones is 1. The van der Waals surface area contributed by atoms with Crippen LogP contribution in [0.1, 0.15) is 80.6 Å². The number of alkyl halides is 2. The van der Waals surface area contributed by atoms with E-state index in [1.165, 1.54) is 17.7 Å². The zero-order valence-electron chi connectivity index (χ0n) is 18.2. The number of ether oxygens (including phenoxy) is 2. The van der Waals surface area contributed by atoms with Crippen molar-refractivity contribution < 1.29 is 23.0 Å². The molecule has 1 aromatic rings. The van der Waals surface area contributed by atoms with Crippen LogP contribution < -0.4 is 0 Å². The van der Waals surface area contributed by atoms with E-state index in [-0.39, 0.29) is 40.6 Å². The van der Waals surface area contributed by atoms with Crippen molar-refractivity contribution in [3.63, 3.8) is 0 Å². The lowest BCUT2D eigenvalue weighted by atomic mass is 9.71. The summed E-state index contributed by atoms with van der Waals surface area (Å²) in [7, 11) is 0. The fourth-order valence-corrected chi connectivity index (χ4v) is 5.47. The van der Waals surface area contributed by atoms with Crippen LogP contribution in [-0.4, -0.2) is 30.2 Å². The minimum Gasteiger partial charge on any atom is -0.378 e. The summed E-state index contributed by atoms with van der Waals surface area (Å²) in [5.74, 6) is -0.378. The van der Waals surface area contributed by atoms with Gasteiger partial charge in [0.15, 0.2) is 5.78 Å². The molecule has 1 aromatic carbocycles. The Morgan fingerprint density at radius 1 is 1.26 bits per heavy atom. The molecule has 1 spiro atoms. The van der Waals surface area contributed by atoms with E-state index in [1.807, 2.05) is 6.92 Å². The molecule has 31 heavy (non-hydrogen) atoms. The smallest absolute Gasteiger partial charge is 0.264 e. The van der Waals surface area contributed by atoms with Crippen molar-refractivity contribution in [3.05, 3.63) is 59.2 Å². The average molecular weight is 431 g/mol. The maximum atomic E-state index is 13.4. The summed E-state index contributed by atoms with van der Waals surface area (Å²) in [6, 6.07) is 6.12. The Morgan fingerprint density at radius 3 is 2.71 bits per heavy atom. The number of hydrogen-bond donors (Lipinski definition) is 0. The Hall–Kier alpha value is -1.85. The molecule has 1 saturated heterocycles. The van der Waals surface area contributed by atoms with Crippen LogP contribution in [0.4, 0.5) is 8.78 Å². The summed E-state index contributed by atoms with van der Waals surface area (Å²) < 4.78 is 39.5. The van der Waals surface area contributed by atoms with Gasteiger partial charge in [0.05, 0.1) is 17.8 Å². The van der Waals surface area contributed by atoms with Crippen LogP contribution in [0.3, 0.4) is 0 Å². The molecule has 168 valence electrons. The zero-order chi connectivity index (χ0) is 21.8. The van der Waals surface area contributed by atoms with Gasteiger partial charge in [-0.3, -0.25) is 4.79 Å². The van der Waals surface area contributed by atoms with E-state index in [0.29, 0.717) is 19.4 Å². The first kappa shape index (κ1) is 22.3. The minimum absolute atomic E-state index is 0.0575. The highest BCUT2D eigenvalue weighted by Gasteiger charge is 2.46. The molecule has 0 bridgehead atoms. The fourth-order valence-electron chi connectivity index (χ4n) is 5.47. The van der Waals surface area contributed by atoms with Crippen molar-refractivity contribution >= 4 is 5.78 Å². The lowest BCUT2D eigenvalue weighted by Crippen LogP contribution is -2.50. The zero-order valence-corrected chi connectivity index (χ0v) is 18.2. The van der Waals surface area contributed by atoms with Gasteiger partial charge in [-0.15, -0.1) is 0 Å². The number of Topliss-reactive ketones (excluding diaryl/α,β-unsaturated/α-hetero) is 1. The van der Waals surface area contributed by atoms with Crippen molar-refractivity contribution in [2.24, 2.45) is 5.92 Å². The second kappa shape index (κ2) is 9.74. The number of rotatable bonds is 6. The predicted octanol–water partition coefficient (Wildman–Crippen LogP) is 6.60. The Kier molecular flexibility index (Phi) is 7.02. The van der Waals surface area contributed by atoms with E-state index < -0.39 is 6.43 Å². The highest BCUT2D eigenvalue weighted by atomic mass is 19.3. The molecule has 0 radical (unpaired) electrons. The molecule has 0 aromatic heterocycles. The van der Waals surface area contributed by atoms with E-state index >= 15 is 0 Å². The van der Waals surface area contributed by atoms with Crippen LogP contribution in [0.15, 0.2) is 48.1 Å². The Balaban J connectivity index is 1.47. The Labute approximate surface area is 183 Å². The fraction of sp³-hybridized carbons (Fsp3) is 0.577. The van der Waals surface area contributed by atoms with E-state index in [1.54, 1.807) is 12.1 Å². The Bertz CT molecular complexity index is 837. The van der Waals surface area contributed by atoms with Gasteiger partial charge in [0, 0.05) is 36.5 Å². The number of allylic oxidation sites excluding steroid dienone is 3. The maximum absolute atomic E-state index is 13.4. The van der Waals surface area contributed by atoms with Gasteiger partial charge in [-0.1, -0.05) is 42.5 Å². The van der Waals surface area contributed by atoms with Gasteiger partial charge in [-0.2, -0.15) is 0 Å². The van der Waals surface area contributed by atoms with Gasteiger partial charge in [-0.25, -0.2) is 8.78 Å². The number of benzene rings is 1. The van der Waals surface area contributed by atoms with Gasteiger partial charge in [0.2, 0.25) is 0 Å². The number of hydrogen-bond acceptors (Lipinski definition) is 3. The van der Waals surface area contributed by atoms with Gasteiger partial charge in [0.25, 0.3) is 6.43 Å². The lowest BCUT2D eigenvalue weighted by Gasteiger charge is -2.48. The molecule has 5 heteroatoms. The second-order valence-electron chi connectivity index (χ2n) is 9.04. The molecule has 0 amide bonds. The molecule has 1 heterocycles. The second-order valence-corrected chi connectivity index (χ2v) is 9.04. The molecule has 0 N–H and O–H groups in total. The van der Waals surface area contributed by atoms with Crippen molar-refractivity contribution in [3.8, 4) is 0 Å². The standard InChI is InChI=1S/C26H32F2O3/c1-2-30-20-16-23(18-8-4-3-5-9-18)31-26(17-20)14-12-19(13-15-26)24(29)21-10-6-7-11-22(21)25(27)28/h3-4,6-8,10-11,19-20,23,25H,2,5,9,12-17H2,1H3. The van der Waals surface area contributed by atoms with Crippen molar-refractivity contribution in [2.45, 2.75) is 82.5 Å². The summed E-state index contributed by atoms with van der Waals surface area (Å²) >= 11 is 0. The third-order valence-corrected chi connectivity index (χ3v) is 7.06. The maximum Gasteiger partial charge on any atom is 0.264 e. The number of carbonyl (C=O) groups is 1. The molecule has 2 aliphatic carbocycles. The monoisotopic (exact) mass is 430 g/mol. The topological polar surface area (TPSA) is 35.5 Å². The first-order valence-electron chi connectivity index (χ1n) is 11.6. The first-order valence-corrected chi connectivity index (χ1v) is 11.6. The Morgan fingerprint density at radius 2 is 2.03 bits per heavy atom. The van der Waals surface area contributed by atoms with Crippen LogP contribution in [0.2, 0.25) is 0 Å². The highest BCUT2D eigenvalue weighted by Crippen LogP contribution is 2.46. The summed E-state index contributed by atoms with van der Waals surface area (Å²) in [6.07, 6.45) is 10.7. The average Bonchev–Trinajstić information content (AvgIpc) is 2.80. The number of carbonyl (C=O) groups excluding carboxylic acids is 1. The van der Waals surface area contributed by atoms with Crippen LogP contribution in [0.5, 0.6) is 0 Å². The third-order valence-electron chi connectivity index (χ3n) is 7.06. The molecular formula is C26H32F2O3. The number of halogens is 2. The minimum atomic E-state index is -2.64. The molecule has 1 saturated carbocycles. The molecule has 2 atom stereocenters. The van der Waals surface area contributed by atoms with Crippen molar-refractivity contribution in [1.82, 2.24) is 0 Å². The highest BCUT2D eigenvalue weighted by molar-refractivity contribution is 5.99. The van der Waals surface area contributed by atoms with Crippen molar-refractivity contribution in [1.29, 1.82) is 0 Å². The van der Waals surface area contributed by atoms with Gasteiger partial charge in [-0.05, 0) is 51.0 Å². The first-order chi connectivity index (χ1) is 15.0. The van der Waals surface area contributed by atoms with E-state index in [9.17, 15) is 13.6 Å². The lowest BCUT2D eigenvalue weighted by molar-refractivity contribution is -0.177.